The van der Waals surface area contributed by atoms with Gasteiger partial charge in [0.2, 0.25) is 0 Å². The lowest BCUT2D eigenvalue weighted by molar-refractivity contribution is 0.0505. The van der Waals surface area contributed by atoms with Crippen LogP contribution in [-0.4, -0.2) is 54.9 Å². The normalized spacial score (nSPS) is 21.5. The van der Waals surface area contributed by atoms with Crippen LogP contribution in [0.4, 0.5) is 15.0 Å². The Balaban J connectivity index is 1.40. The van der Waals surface area contributed by atoms with E-state index >= 15 is 0 Å². The Morgan fingerprint density at radius 3 is 2.84 bits per heavy atom. The number of anilines is 1. The quantitative estimate of drug-likeness (QED) is 0.490. The summed E-state index contributed by atoms with van der Waals surface area (Å²) in [5, 5.41) is 16.4. The number of pyridine rings is 1. The highest BCUT2D eigenvalue weighted by atomic mass is 19.1. The number of alkyl carbamates (subject to hydrolysis) is 1. The molecule has 3 aromatic heterocycles. The average molecular weight is 511 g/mol. The Morgan fingerprint density at radius 1 is 1.35 bits per heavy atom. The van der Waals surface area contributed by atoms with Crippen molar-refractivity contribution in [2.75, 3.05) is 11.4 Å². The zero-order chi connectivity index (χ0) is 26.5. The Morgan fingerprint density at radius 2 is 2.14 bits per heavy atom. The number of hydrogen-bond acceptors (Lipinski definition) is 7. The Labute approximate surface area is 213 Å². The van der Waals surface area contributed by atoms with Crippen molar-refractivity contribution in [2.45, 2.75) is 70.6 Å². The van der Waals surface area contributed by atoms with Gasteiger partial charge in [0.25, 0.3) is 0 Å². The summed E-state index contributed by atoms with van der Waals surface area (Å²) in [5.41, 5.74) is 0.881. The summed E-state index contributed by atoms with van der Waals surface area (Å²) in [6, 6.07) is 3.21. The van der Waals surface area contributed by atoms with E-state index in [1.165, 1.54) is 16.9 Å². The van der Waals surface area contributed by atoms with Gasteiger partial charge in [-0.05, 0) is 71.4 Å². The molecule has 1 saturated heterocycles. The molecule has 3 aromatic rings. The number of fused-ring (bicyclic) bond motifs is 2. The van der Waals surface area contributed by atoms with Crippen molar-refractivity contribution >= 4 is 23.5 Å². The number of halogens is 1. The van der Waals surface area contributed by atoms with Crippen molar-refractivity contribution < 1.29 is 23.8 Å². The number of carboxylic acids is 1. The van der Waals surface area contributed by atoms with E-state index in [0.717, 1.165) is 30.6 Å². The minimum absolute atomic E-state index is 0.0297. The van der Waals surface area contributed by atoms with E-state index in [1.54, 1.807) is 12.3 Å². The van der Waals surface area contributed by atoms with Crippen molar-refractivity contribution in [3.8, 4) is 0 Å². The number of aryl methyl sites for hydroxylation is 1. The molecule has 11 heteroatoms. The Hall–Kier alpha value is -3.76. The van der Waals surface area contributed by atoms with Crippen LogP contribution in [0.1, 0.15) is 68.6 Å². The lowest BCUT2D eigenvalue weighted by atomic mass is 9.96. The summed E-state index contributed by atoms with van der Waals surface area (Å²) in [7, 11) is 0. The van der Waals surface area contributed by atoms with Gasteiger partial charge < -0.3 is 20.1 Å². The second-order valence-corrected chi connectivity index (χ2v) is 10.9. The second kappa shape index (κ2) is 8.97. The van der Waals surface area contributed by atoms with Crippen molar-refractivity contribution in [3.05, 3.63) is 53.4 Å². The van der Waals surface area contributed by atoms with E-state index < -0.39 is 29.0 Å². The van der Waals surface area contributed by atoms with Crippen LogP contribution in [0.15, 0.2) is 30.7 Å². The van der Waals surface area contributed by atoms with E-state index in [9.17, 15) is 19.1 Å². The fraction of sp³-hybridized carbons (Fsp3) is 0.500. The first-order chi connectivity index (χ1) is 17.5. The van der Waals surface area contributed by atoms with E-state index in [2.05, 4.69) is 25.3 Å². The van der Waals surface area contributed by atoms with Crippen LogP contribution in [0.2, 0.25) is 0 Å². The minimum atomic E-state index is -1.09. The highest BCUT2D eigenvalue weighted by Crippen LogP contribution is 2.63. The topological polar surface area (TPSA) is 122 Å². The predicted octanol–water partition coefficient (Wildman–Crippen LogP) is 3.93. The fourth-order valence-electron chi connectivity index (χ4n) is 5.40. The van der Waals surface area contributed by atoms with Crippen LogP contribution in [0, 0.1) is 11.7 Å². The molecule has 2 N–H and O–H groups in total. The van der Waals surface area contributed by atoms with Gasteiger partial charge in [0, 0.05) is 30.0 Å². The third-order valence-electron chi connectivity index (χ3n) is 7.10. The highest BCUT2D eigenvalue weighted by Gasteiger charge is 2.64. The summed E-state index contributed by atoms with van der Waals surface area (Å²) >= 11 is 0. The standard InChI is InChI=1S/C26H31FN6O4/c1-15(30-24(36)37-25(2,3)4)5-6-20-19(11-17(27)13-28-20)26-12-16(26)7-9-32(26)21-8-10-33-22(31-21)18(14-29-33)23(34)35/h8,10-11,13-16H,5-7,9,12H2,1-4H3,(H,30,36)(H,34,35). The molecule has 37 heavy (non-hydrogen) atoms. The molecular weight excluding hydrogens is 479 g/mol. The number of carbonyl (C=O) groups excluding carboxylic acids is 1. The third kappa shape index (κ3) is 4.70. The van der Waals surface area contributed by atoms with Gasteiger partial charge in [-0.2, -0.15) is 5.10 Å². The van der Waals surface area contributed by atoms with E-state index in [1.807, 2.05) is 33.8 Å². The number of carbonyl (C=O) groups is 2. The van der Waals surface area contributed by atoms with Gasteiger partial charge in [-0.3, -0.25) is 4.98 Å². The summed E-state index contributed by atoms with van der Waals surface area (Å²) in [6.45, 7) is 8.06. The summed E-state index contributed by atoms with van der Waals surface area (Å²) in [4.78, 5) is 35.0. The number of ether oxygens (including phenoxy) is 1. The average Bonchev–Trinajstić information content (AvgIpc) is 3.18. The second-order valence-electron chi connectivity index (χ2n) is 10.9. The molecule has 0 spiro atoms. The molecule has 1 aliphatic heterocycles. The molecule has 1 saturated carbocycles. The molecular formula is C26H31FN6O4. The first kappa shape index (κ1) is 24.9. The molecule has 0 radical (unpaired) electrons. The van der Waals surface area contributed by atoms with E-state index in [4.69, 9.17) is 4.74 Å². The maximum absolute atomic E-state index is 14.5. The van der Waals surface area contributed by atoms with Crippen LogP contribution in [0.5, 0.6) is 0 Å². The summed E-state index contributed by atoms with van der Waals surface area (Å²) < 4.78 is 21.3. The van der Waals surface area contributed by atoms with Crippen molar-refractivity contribution in [1.29, 1.82) is 0 Å². The number of nitrogens with zero attached hydrogens (tertiary/aromatic N) is 5. The lowest BCUT2D eigenvalue weighted by Gasteiger charge is -2.31. The van der Waals surface area contributed by atoms with Crippen LogP contribution in [0.25, 0.3) is 5.65 Å². The Bertz CT molecular complexity index is 1370. The van der Waals surface area contributed by atoms with Gasteiger partial charge in [-0.25, -0.2) is 23.5 Å². The number of aromatic carboxylic acids is 1. The smallest absolute Gasteiger partial charge is 0.407 e. The summed E-state index contributed by atoms with van der Waals surface area (Å²) in [5.74, 6) is -0.538. The maximum Gasteiger partial charge on any atom is 0.407 e. The van der Waals surface area contributed by atoms with Crippen LogP contribution in [-0.2, 0) is 16.7 Å². The molecule has 5 rings (SSSR count). The predicted molar refractivity (Wildman–Crippen MR) is 133 cm³/mol. The molecule has 196 valence electrons. The largest absolute Gasteiger partial charge is 0.477 e. The van der Waals surface area contributed by atoms with E-state index in [-0.39, 0.29) is 17.3 Å². The van der Waals surface area contributed by atoms with Gasteiger partial charge in [0.05, 0.1) is 17.9 Å². The number of aromatic nitrogens is 4. The first-order valence-electron chi connectivity index (χ1n) is 12.5. The third-order valence-corrected chi connectivity index (χ3v) is 7.10. The molecule has 0 bridgehead atoms. The zero-order valence-electron chi connectivity index (χ0n) is 21.4. The number of hydrogen-bond donors (Lipinski definition) is 2. The molecule has 0 aromatic carbocycles. The van der Waals surface area contributed by atoms with Crippen molar-refractivity contribution in [1.82, 2.24) is 24.9 Å². The molecule has 2 aliphatic rings. The van der Waals surface area contributed by atoms with Crippen LogP contribution >= 0.6 is 0 Å². The zero-order valence-corrected chi connectivity index (χ0v) is 21.4. The number of rotatable bonds is 7. The minimum Gasteiger partial charge on any atom is -0.477 e. The van der Waals surface area contributed by atoms with Gasteiger partial charge in [0.15, 0.2) is 5.65 Å². The fourth-order valence-corrected chi connectivity index (χ4v) is 5.40. The van der Waals surface area contributed by atoms with Crippen LogP contribution < -0.4 is 10.2 Å². The molecule has 3 atom stereocenters. The van der Waals surface area contributed by atoms with Gasteiger partial charge in [0.1, 0.15) is 22.8 Å². The molecule has 2 fully saturated rings. The van der Waals surface area contributed by atoms with Gasteiger partial charge in [-0.15, -0.1) is 0 Å². The number of nitrogens with one attached hydrogen (secondary N) is 1. The van der Waals surface area contributed by atoms with Gasteiger partial charge >= 0.3 is 12.1 Å². The molecule has 1 amide bonds. The van der Waals surface area contributed by atoms with Crippen molar-refractivity contribution in [3.63, 3.8) is 0 Å². The SMILES string of the molecule is CC(CCc1ncc(F)cc1C12CC1CCN2c1ccn2ncc(C(=O)O)c2n1)NC(=O)OC(C)(C)C. The summed E-state index contributed by atoms with van der Waals surface area (Å²) in [6.07, 6.45) is 6.66. The Kier molecular flexibility index (Phi) is 6.04. The molecule has 1 aliphatic carbocycles. The monoisotopic (exact) mass is 510 g/mol. The van der Waals surface area contributed by atoms with Crippen molar-refractivity contribution in [2.24, 2.45) is 5.92 Å². The first-order valence-corrected chi connectivity index (χ1v) is 12.5. The molecule has 4 heterocycles. The van der Waals surface area contributed by atoms with Gasteiger partial charge in [-0.1, -0.05) is 0 Å². The maximum atomic E-state index is 14.5. The number of amides is 1. The van der Waals surface area contributed by atoms with Crippen LogP contribution in [0.3, 0.4) is 0 Å². The van der Waals surface area contributed by atoms with E-state index in [0.29, 0.717) is 24.6 Å². The number of carboxylic acid groups (broad SMARTS) is 1. The molecule has 10 nitrogen and oxygen atoms in total. The number of piperidine rings is 1. The lowest BCUT2D eigenvalue weighted by Crippen LogP contribution is -2.38. The molecule has 3 unspecified atom stereocenters. The highest BCUT2D eigenvalue weighted by molar-refractivity contribution is 5.94.